The number of anilines is 1. The zero-order valence-electron chi connectivity index (χ0n) is 12.8. The minimum atomic E-state index is 0.444. The molecule has 0 bridgehead atoms. The van der Waals surface area contributed by atoms with Crippen molar-refractivity contribution >= 4 is 11.3 Å². The maximum atomic E-state index is 4.70. The van der Waals surface area contributed by atoms with Crippen LogP contribution in [-0.2, 0) is 0 Å². The Kier molecular flexibility index (Phi) is 3.10. The molecule has 0 radical (unpaired) electrons. The molecule has 0 saturated carbocycles. The van der Waals surface area contributed by atoms with E-state index in [2.05, 4.69) is 35.2 Å². The summed E-state index contributed by atoms with van der Waals surface area (Å²) in [6, 6.07) is 2.80. The second-order valence-corrected chi connectivity index (χ2v) is 6.63. The van der Waals surface area contributed by atoms with Crippen molar-refractivity contribution in [3.05, 3.63) is 24.2 Å². The Morgan fingerprint density at radius 3 is 3.10 bits per heavy atom. The third-order valence-electron chi connectivity index (χ3n) is 4.93. The van der Waals surface area contributed by atoms with Crippen molar-refractivity contribution in [2.75, 3.05) is 24.5 Å². The van der Waals surface area contributed by atoms with E-state index in [1.807, 2.05) is 16.9 Å². The molecule has 4 rings (SSSR count). The largest absolute Gasteiger partial charge is 0.350 e. The number of piperidine rings is 1. The van der Waals surface area contributed by atoms with Gasteiger partial charge in [0.15, 0.2) is 5.82 Å². The first-order valence-corrected chi connectivity index (χ1v) is 8.05. The number of nitrogens with zero attached hydrogens (tertiary/aromatic N) is 4. The number of nitrogens with one attached hydrogen (secondary N) is 1. The lowest BCUT2D eigenvalue weighted by Gasteiger charge is -2.38. The van der Waals surface area contributed by atoms with E-state index in [4.69, 9.17) is 4.98 Å². The topological polar surface area (TPSA) is 45.5 Å². The van der Waals surface area contributed by atoms with Crippen LogP contribution in [0.4, 0.5) is 5.82 Å². The lowest BCUT2D eigenvalue weighted by atomic mass is 9.92. The fourth-order valence-corrected chi connectivity index (χ4v) is 3.76. The van der Waals surface area contributed by atoms with Crippen LogP contribution in [0.2, 0.25) is 0 Å². The first kappa shape index (κ1) is 13.1. The van der Waals surface area contributed by atoms with E-state index in [-0.39, 0.29) is 0 Å². The van der Waals surface area contributed by atoms with E-state index < -0.39 is 0 Å². The van der Waals surface area contributed by atoms with Gasteiger partial charge in [-0.05, 0) is 30.7 Å². The first-order valence-electron chi connectivity index (χ1n) is 8.05. The molecule has 2 aliphatic rings. The Morgan fingerprint density at radius 2 is 2.24 bits per heavy atom. The lowest BCUT2D eigenvalue weighted by Crippen LogP contribution is -2.45. The molecule has 0 amide bonds. The second-order valence-electron chi connectivity index (χ2n) is 6.63. The predicted octanol–water partition coefficient (Wildman–Crippen LogP) is 2.04. The van der Waals surface area contributed by atoms with Crippen LogP contribution in [0.3, 0.4) is 0 Å². The summed E-state index contributed by atoms with van der Waals surface area (Å²) < 4.78 is 1.99. The zero-order chi connectivity index (χ0) is 14.4. The van der Waals surface area contributed by atoms with Crippen molar-refractivity contribution in [1.29, 1.82) is 0 Å². The molecule has 0 spiro atoms. The minimum Gasteiger partial charge on any atom is -0.350 e. The summed E-state index contributed by atoms with van der Waals surface area (Å²) in [5.74, 6) is 2.32. The van der Waals surface area contributed by atoms with Crippen molar-refractivity contribution in [2.24, 2.45) is 5.92 Å². The highest BCUT2D eigenvalue weighted by Gasteiger charge is 2.36. The van der Waals surface area contributed by atoms with Gasteiger partial charge in [0, 0.05) is 38.1 Å². The van der Waals surface area contributed by atoms with Crippen LogP contribution in [0, 0.1) is 5.92 Å². The Labute approximate surface area is 125 Å². The van der Waals surface area contributed by atoms with Crippen molar-refractivity contribution in [3.63, 3.8) is 0 Å². The lowest BCUT2D eigenvalue weighted by molar-refractivity contribution is 0.383. The molecular weight excluding hydrogens is 262 g/mol. The molecule has 2 fully saturated rings. The van der Waals surface area contributed by atoms with Crippen LogP contribution in [0.1, 0.15) is 38.3 Å². The van der Waals surface area contributed by atoms with Gasteiger partial charge in [-0.1, -0.05) is 13.8 Å². The summed E-state index contributed by atoms with van der Waals surface area (Å²) in [6.45, 7) is 7.72. The van der Waals surface area contributed by atoms with Crippen LogP contribution in [0.25, 0.3) is 5.52 Å². The summed E-state index contributed by atoms with van der Waals surface area (Å²) in [5, 5.41) is 8.23. The van der Waals surface area contributed by atoms with E-state index in [1.165, 1.54) is 12.8 Å². The Balaban J connectivity index is 1.78. The molecule has 21 heavy (non-hydrogen) atoms. The average molecular weight is 285 g/mol. The van der Waals surface area contributed by atoms with Gasteiger partial charge >= 0.3 is 0 Å². The third kappa shape index (κ3) is 2.11. The summed E-state index contributed by atoms with van der Waals surface area (Å²) in [7, 11) is 0. The highest BCUT2D eigenvalue weighted by atomic mass is 15.3. The molecule has 2 aliphatic heterocycles. The summed E-state index contributed by atoms with van der Waals surface area (Å²) in [6.07, 6.45) is 6.44. The van der Waals surface area contributed by atoms with Gasteiger partial charge in [-0.25, -0.2) is 9.50 Å². The van der Waals surface area contributed by atoms with Gasteiger partial charge in [0.05, 0.1) is 5.69 Å². The summed E-state index contributed by atoms with van der Waals surface area (Å²) in [4.78, 5) is 7.21. The van der Waals surface area contributed by atoms with Crippen LogP contribution >= 0.6 is 0 Å². The van der Waals surface area contributed by atoms with E-state index in [9.17, 15) is 0 Å². The number of fused-ring (bicyclic) bond motifs is 2. The van der Waals surface area contributed by atoms with Gasteiger partial charge in [-0.15, -0.1) is 0 Å². The Morgan fingerprint density at radius 1 is 1.33 bits per heavy atom. The van der Waals surface area contributed by atoms with Gasteiger partial charge in [0.25, 0.3) is 0 Å². The average Bonchev–Trinajstić information content (AvgIpc) is 3.12. The molecule has 5 nitrogen and oxygen atoms in total. The number of rotatable bonds is 2. The van der Waals surface area contributed by atoms with Gasteiger partial charge in [0.2, 0.25) is 0 Å². The molecule has 2 unspecified atom stereocenters. The minimum absolute atomic E-state index is 0.444. The molecule has 0 aromatic carbocycles. The highest BCUT2D eigenvalue weighted by molar-refractivity contribution is 5.70. The normalized spacial score (nSPS) is 25.8. The quantitative estimate of drug-likeness (QED) is 0.917. The Hall–Kier alpha value is -1.62. The van der Waals surface area contributed by atoms with E-state index in [0.29, 0.717) is 12.0 Å². The van der Waals surface area contributed by atoms with Crippen LogP contribution in [-0.4, -0.2) is 40.3 Å². The number of hydrogen-bond acceptors (Lipinski definition) is 4. The predicted molar refractivity (Wildman–Crippen MR) is 83.8 cm³/mol. The maximum Gasteiger partial charge on any atom is 0.154 e. The fraction of sp³-hybridized carbons (Fsp3) is 0.625. The molecule has 2 saturated heterocycles. The molecule has 5 heteroatoms. The maximum absolute atomic E-state index is 4.70. The van der Waals surface area contributed by atoms with Crippen LogP contribution < -0.4 is 10.2 Å². The molecule has 2 aromatic rings. The molecule has 2 atom stereocenters. The van der Waals surface area contributed by atoms with Gasteiger partial charge in [0.1, 0.15) is 5.52 Å². The molecule has 0 aliphatic carbocycles. The number of hydrogen-bond donors (Lipinski definition) is 1. The molecule has 4 heterocycles. The SMILES string of the molecule is CC(C)c1cc2c(N3CCCC4CNCC43)nccn2n1. The molecule has 1 N–H and O–H groups in total. The summed E-state index contributed by atoms with van der Waals surface area (Å²) >= 11 is 0. The highest BCUT2D eigenvalue weighted by Crippen LogP contribution is 2.32. The second kappa shape index (κ2) is 4.98. The molecule has 112 valence electrons. The van der Waals surface area contributed by atoms with Crippen molar-refractivity contribution in [2.45, 2.75) is 38.6 Å². The van der Waals surface area contributed by atoms with Gasteiger partial charge in [-0.3, -0.25) is 0 Å². The monoisotopic (exact) mass is 285 g/mol. The smallest absolute Gasteiger partial charge is 0.154 e. The van der Waals surface area contributed by atoms with Crippen LogP contribution in [0.15, 0.2) is 18.5 Å². The van der Waals surface area contributed by atoms with E-state index in [0.717, 1.165) is 42.6 Å². The first-order chi connectivity index (χ1) is 10.2. The van der Waals surface area contributed by atoms with Crippen molar-refractivity contribution < 1.29 is 0 Å². The third-order valence-corrected chi connectivity index (χ3v) is 4.93. The van der Waals surface area contributed by atoms with Gasteiger partial charge < -0.3 is 10.2 Å². The van der Waals surface area contributed by atoms with Crippen LogP contribution in [0.5, 0.6) is 0 Å². The van der Waals surface area contributed by atoms with Crippen molar-refractivity contribution in [1.82, 2.24) is 19.9 Å². The van der Waals surface area contributed by atoms with E-state index in [1.54, 1.807) is 0 Å². The summed E-state index contributed by atoms with van der Waals surface area (Å²) in [5.41, 5.74) is 2.29. The zero-order valence-corrected chi connectivity index (χ0v) is 12.8. The standard InChI is InChI=1S/C16H23N5/c1-11(2)13-8-14-16(18-5-7-21(14)19-13)20-6-3-4-12-9-17-10-15(12)20/h5,7-8,11-12,15,17H,3-4,6,9-10H2,1-2H3. The molecule has 2 aromatic heterocycles. The van der Waals surface area contributed by atoms with E-state index >= 15 is 0 Å². The van der Waals surface area contributed by atoms with Crippen molar-refractivity contribution in [3.8, 4) is 0 Å². The molecular formula is C16H23N5. The Bertz CT molecular complexity index is 647. The van der Waals surface area contributed by atoms with Gasteiger partial charge in [-0.2, -0.15) is 5.10 Å². The fourth-order valence-electron chi connectivity index (χ4n) is 3.76. The number of aromatic nitrogens is 3.